The number of hydrogen-bond acceptors (Lipinski definition) is 6. The number of carboxylic acid groups (broad SMARTS) is 1. The molecule has 0 aromatic heterocycles. The standard InChI is InChI=1S/C19H21N3O6/c1-21(16-5-2-3-6-17(16)22(26)27)13-18(23)20-14-8-10-15(11-9-14)28-12-4-7-19(24)25/h2-3,5-6,8-11H,4,7,12-13H2,1H3,(H,20,23)(H,24,25). The quantitative estimate of drug-likeness (QED) is 0.365. The minimum absolute atomic E-state index is 0.0429. The predicted octanol–water partition coefficient (Wildman–Crippen LogP) is 2.91. The maximum Gasteiger partial charge on any atom is 0.303 e. The lowest BCUT2D eigenvalue weighted by atomic mass is 10.2. The van der Waals surface area contributed by atoms with Crippen molar-refractivity contribution in [3.05, 3.63) is 58.6 Å². The minimum Gasteiger partial charge on any atom is -0.494 e. The number of nitrogens with zero attached hydrogens (tertiary/aromatic N) is 2. The number of likely N-dealkylation sites (N-methyl/N-ethyl adjacent to an activating group) is 1. The first-order valence-corrected chi connectivity index (χ1v) is 8.56. The molecular weight excluding hydrogens is 366 g/mol. The lowest BCUT2D eigenvalue weighted by Gasteiger charge is -2.18. The van der Waals surface area contributed by atoms with E-state index in [2.05, 4.69) is 5.32 Å². The van der Waals surface area contributed by atoms with Gasteiger partial charge in [-0.1, -0.05) is 12.1 Å². The summed E-state index contributed by atoms with van der Waals surface area (Å²) in [5.74, 6) is -0.622. The molecule has 1 amide bonds. The summed E-state index contributed by atoms with van der Waals surface area (Å²) in [6.45, 7) is 0.233. The van der Waals surface area contributed by atoms with Crippen LogP contribution in [0.5, 0.6) is 5.75 Å². The number of para-hydroxylation sites is 2. The van der Waals surface area contributed by atoms with Crippen molar-refractivity contribution in [2.24, 2.45) is 0 Å². The molecule has 0 heterocycles. The maximum absolute atomic E-state index is 12.2. The molecule has 0 aliphatic carbocycles. The van der Waals surface area contributed by atoms with E-state index in [0.29, 0.717) is 30.2 Å². The average Bonchev–Trinajstić information content (AvgIpc) is 2.66. The molecule has 2 aromatic carbocycles. The number of nitro benzene ring substituents is 1. The summed E-state index contributed by atoms with van der Waals surface area (Å²) in [6.07, 6.45) is 0.451. The van der Waals surface area contributed by atoms with Gasteiger partial charge in [-0.3, -0.25) is 19.7 Å². The number of anilines is 2. The number of carboxylic acids is 1. The largest absolute Gasteiger partial charge is 0.494 e. The lowest BCUT2D eigenvalue weighted by Crippen LogP contribution is -2.30. The van der Waals surface area contributed by atoms with Crippen molar-refractivity contribution in [3.63, 3.8) is 0 Å². The van der Waals surface area contributed by atoms with E-state index in [0.717, 1.165) is 0 Å². The van der Waals surface area contributed by atoms with E-state index in [9.17, 15) is 19.7 Å². The molecule has 0 bridgehead atoms. The number of carbonyl (C=O) groups is 2. The Hall–Kier alpha value is -3.62. The lowest BCUT2D eigenvalue weighted by molar-refractivity contribution is -0.384. The molecule has 0 aliphatic heterocycles. The minimum atomic E-state index is -0.868. The van der Waals surface area contributed by atoms with Crippen LogP contribution < -0.4 is 15.0 Å². The highest BCUT2D eigenvalue weighted by molar-refractivity contribution is 5.94. The highest BCUT2D eigenvalue weighted by Crippen LogP contribution is 2.26. The molecule has 0 aliphatic rings. The fourth-order valence-electron chi connectivity index (χ4n) is 2.49. The van der Waals surface area contributed by atoms with Gasteiger partial charge in [0.05, 0.1) is 18.1 Å². The number of aliphatic carboxylic acids is 1. The van der Waals surface area contributed by atoms with Crippen LogP contribution in [0.15, 0.2) is 48.5 Å². The van der Waals surface area contributed by atoms with Gasteiger partial charge >= 0.3 is 5.97 Å². The van der Waals surface area contributed by atoms with Crippen LogP contribution in [0, 0.1) is 10.1 Å². The molecule has 2 N–H and O–H groups in total. The Balaban J connectivity index is 1.87. The van der Waals surface area contributed by atoms with Gasteiger partial charge in [-0.2, -0.15) is 0 Å². The highest BCUT2D eigenvalue weighted by Gasteiger charge is 2.17. The van der Waals surface area contributed by atoms with Crippen molar-refractivity contribution < 1.29 is 24.4 Å². The van der Waals surface area contributed by atoms with Crippen LogP contribution >= 0.6 is 0 Å². The Morgan fingerprint density at radius 3 is 2.50 bits per heavy atom. The van der Waals surface area contributed by atoms with Crippen molar-refractivity contribution >= 4 is 28.9 Å². The average molecular weight is 387 g/mol. The summed E-state index contributed by atoms with van der Waals surface area (Å²) in [4.78, 5) is 34.8. The second-order valence-corrected chi connectivity index (χ2v) is 6.02. The molecule has 2 aromatic rings. The van der Waals surface area contributed by atoms with E-state index < -0.39 is 10.9 Å². The molecule has 0 unspecified atom stereocenters. The van der Waals surface area contributed by atoms with Gasteiger partial charge in [-0.25, -0.2) is 0 Å². The summed E-state index contributed by atoms with van der Waals surface area (Å²) in [6, 6.07) is 12.9. The van der Waals surface area contributed by atoms with Crippen LogP contribution in [-0.2, 0) is 9.59 Å². The van der Waals surface area contributed by atoms with Crippen LogP contribution in [0.1, 0.15) is 12.8 Å². The fraction of sp³-hybridized carbons (Fsp3) is 0.263. The third-order valence-electron chi connectivity index (χ3n) is 3.81. The molecular formula is C19H21N3O6. The first kappa shape index (κ1) is 20.7. The van der Waals surface area contributed by atoms with E-state index in [1.165, 1.54) is 11.0 Å². The molecule has 9 heteroatoms. The fourth-order valence-corrected chi connectivity index (χ4v) is 2.49. The summed E-state index contributed by atoms with van der Waals surface area (Å²) in [7, 11) is 1.61. The Morgan fingerprint density at radius 2 is 1.86 bits per heavy atom. The number of ether oxygens (including phenoxy) is 1. The monoisotopic (exact) mass is 387 g/mol. The van der Waals surface area contributed by atoms with Crippen LogP contribution in [0.4, 0.5) is 17.1 Å². The van der Waals surface area contributed by atoms with Gasteiger partial charge in [-0.05, 0) is 36.8 Å². The van der Waals surface area contributed by atoms with Gasteiger partial charge < -0.3 is 20.1 Å². The number of carbonyl (C=O) groups excluding carboxylic acids is 1. The zero-order chi connectivity index (χ0) is 20.5. The van der Waals surface area contributed by atoms with Crippen LogP contribution in [0.2, 0.25) is 0 Å². The number of rotatable bonds is 10. The summed E-state index contributed by atoms with van der Waals surface area (Å²) >= 11 is 0. The summed E-state index contributed by atoms with van der Waals surface area (Å²) < 4.78 is 5.43. The normalized spacial score (nSPS) is 10.2. The molecule has 28 heavy (non-hydrogen) atoms. The van der Waals surface area contributed by atoms with E-state index in [-0.39, 0.29) is 24.6 Å². The van der Waals surface area contributed by atoms with Crippen molar-refractivity contribution in [1.82, 2.24) is 0 Å². The first-order valence-electron chi connectivity index (χ1n) is 8.56. The van der Waals surface area contributed by atoms with E-state index in [1.807, 2.05) is 0 Å². The Kier molecular flexibility index (Phi) is 7.32. The molecule has 0 radical (unpaired) electrons. The van der Waals surface area contributed by atoms with Crippen LogP contribution in [0.3, 0.4) is 0 Å². The van der Waals surface area contributed by atoms with Gasteiger partial charge in [0.25, 0.3) is 5.69 Å². The van der Waals surface area contributed by atoms with Crippen molar-refractivity contribution in [2.45, 2.75) is 12.8 Å². The van der Waals surface area contributed by atoms with Gasteiger partial charge in [-0.15, -0.1) is 0 Å². The SMILES string of the molecule is CN(CC(=O)Nc1ccc(OCCCC(=O)O)cc1)c1ccccc1[N+](=O)[O-]. The number of hydrogen-bond donors (Lipinski definition) is 2. The van der Waals surface area contributed by atoms with Gasteiger partial charge in [0.15, 0.2) is 0 Å². The molecule has 148 valence electrons. The molecule has 0 saturated heterocycles. The van der Waals surface area contributed by atoms with Crippen LogP contribution in [-0.4, -0.2) is 42.1 Å². The highest BCUT2D eigenvalue weighted by atomic mass is 16.6. The number of amides is 1. The molecule has 0 spiro atoms. The second-order valence-electron chi connectivity index (χ2n) is 6.02. The zero-order valence-electron chi connectivity index (χ0n) is 15.3. The van der Waals surface area contributed by atoms with Gasteiger partial charge in [0.1, 0.15) is 11.4 Å². The van der Waals surface area contributed by atoms with E-state index in [1.54, 1.807) is 49.5 Å². The van der Waals surface area contributed by atoms with E-state index in [4.69, 9.17) is 9.84 Å². The number of benzene rings is 2. The topological polar surface area (TPSA) is 122 Å². The molecule has 2 rings (SSSR count). The zero-order valence-corrected chi connectivity index (χ0v) is 15.3. The second kappa shape index (κ2) is 9.91. The number of nitrogens with one attached hydrogen (secondary N) is 1. The van der Waals surface area contributed by atoms with Crippen molar-refractivity contribution in [1.29, 1.82) is 0 Å². The van der Waals surface area contributed by atoms with E-state index >= 15 is 0 Å². The molecule has 9 nitrogen and oxygen atoms in total. The third-order valence-corrected chi connectivity index (χ3v) is 3.81. The van der Waals surface area contributed by atoms with Crippen LogP contribution in [0.25, 0.3) is 0 Å². The maximum atomic E-state index is 12.2. The summed E-state index contributed by atoms with van der Waals surface area (Å²) in [5, 5.41) is 22.4. The first-order chi connectivity index (χ1) is 13.4. The Bertz CT molecular complexity index is 838. The van der Waals surface area contributed by atoms with Crippen molar-refractivity contribution in [2.75, 3.05) is 30.4 Å². The molecule has 0 fully saturated rings. The number of nitro groups is 1. The Labute approximate surface area is 161 Å². The van der Waals surface area contributed by atoms with Gasteiger partial charge in [0.2, 0.25) is 5.91 Å². The predicted molar refractivity (Wildman–Crippen MR) is 104 cm³/mol. The summed E-state index contributed by atoms with van der Waals surface area (Å²) in [5.41, 5.74) is 0.841. The third kappa shape index (κ3) is 6.27. The van der Waals surface area contributed by atoms with Crippen molar-refractivity contribution in [3.8, 4) is 5.75 Å². The Morgan fingerprint density at radius 1 is 1.18 bits per heavy atom. The smallest absolute Gasteiger partial charge is 0.303 e. The molecule has 0 atom stereocenters. The van der Waals surface area contributed by atoms with Gasteiger partial charge in [0, 0.05) is 25.2 Å². The molecule has 0 saturated carbocycles.